The van der Waals surface area contributed by atoms with Gasteiger partial charge in [0.25, 0.3) is 0 Å². The molecule has 0 fully saturated rings. The maximum absolute atomic E-state index is 11.4. The molecule has 0 saturated heterocycles. The van der Waals surface area contributed by atoms with Crippen LogP contribution in [0.5, 0.6) is 0 Å². The van der Waals surface area contributed by atoms with Crippen molar-refractivity contribution in [3.05, 3.63) is 12.2 Å². The van der Waals surface area contributed by atoms with E-state index in [-0.39, 0.29) is 5.57 Å². The van der Waals surface area contributed by atoms with Gasteiger partial charge in [0.2, 0.25) is 0 Å². The molecule has 0 aromatic rings. The van der Waals surface area contributed by atoms with E-state index in [0.29, 0.717) is 0 Å². The summed E-state index contributed by atoms with van der Waals surface area (Å²) in [5.41, 5.74) is 0.0755. The van der Waals surface area contributed by atoms with Crippen molar-refractivity contribution in [2.45, 2.75) is 13.0 Å². The second kappa shape index (κ2) is 9.19. The number of carbonyl (C=O) groups excluding carboxylic acids is 3. The fourth-order valence-electron chi connectivity index (χ4n) is 1.01. The van der Waals surface area contributed by atoms with Crippen molar-refractivity contribution in [1.82, 2.24) is 5.32 Å². The van der Waals surface area contributed by atoms with E-state index < -0.39 is 51.1 Å². The Morgan fingerprint density at radius 1 is 1.23 bits per heavy atom. The fraction of sp³-hybridized carbons (Fsp3) is 0.545. The lowest BCUT2D eigenvalue weighted by molar-refractivity contribution is -0.157. The molecule has 0 aromatic heterocycles. The van der Waals surface area contributed by atoms with Crippen LogP contribution in [-0.2, 0) is 28.4 Å². The normalized spacial score (nSPS) is 12.0. The summed E-state index contributed by atoms with van der Waals surface area (Å²) in [6.07, 6.45) is -3.04. The molecule has 0 spiro atoms. The minimum Gasteiger partial charge on any atom is -0.461 e. The fourth-order valence-corrected chi connectivity index (χ4v) is 1.44. The van der Waals surface area contributed by atoms with E-state index in [1.165, 1.54) is 14.0 Å². The quantitative estimate of drug-likeness (QED) is 0.231. The maximum Gasteiger partial charge on any atom is 0.407 e. The van der Waals surface area contributed by atoms with E-state index in [2.05, 4.69) is 21.4 Å². The van der Waals surface area contributed by atoms with Crippen molar-refractivity contribution in [2.75, 3.05) is 26.4 Å². The van der Waals surface area contributed by atoms with Crippen LogP contribution in [0.15, 0.2) is 12.2 Å². The van der Waals surface area contributed by atoms with Crippen LogP contribution in [-0.4, -0.2) is 60.3 Å². The van der Waals surface area contributed by atoms with E-state index >= 15 is 0 Å². The van der Waals surface area contributed by atoms with Crippen molar-refractivity contribution in [1.29, 1.82) is 0 Å². The molecule has 0 heterocycles. The lowest BCUT2D eigenvalue weighted by atomic mass is 10.3. The molecular weight excluding hydrogens is 321 g/mol. The zero-order valence-corrected chi connectivity index (χ0v) is 13.0. The highest BCUT2D eigenvalue weighted by Crippen LogP contribution is 2.33. The van der Waals surface area contributed by atoms with Gasteiger partial charge in [-0.2, -0.15) is 0 Å². The van der Waals surface area contributed by atoms with Crippen LogP contribution in [0.25, 0.3) is 0 Å². The van der Waals surface area contributed by atoms with E-state index in [1.54, 1.807) is 0 Å². The third-order valence-corrected chi connectivity index (χ3v) is 2.66. The molecule has 0 saturated carbocycles. The molecular formula is C11H18NO9P. The summed E-state index contributed by atoms with van der Waals surface area (Å²) in [6.45, 7) is 3.80. The van der Waals surface area contributed by atoms with Crippen molar-refractivity contribution < 1.29 is 42.9 Å². The second-order valence-electron chi connectivity index (χ2n) is 4.16. The van der Waals surface area contributed by atoms with Crippen LogP contribution in [0.4, 0.5) is 4.79 Å². The van der Waals surface area contributed by atoms with Crippen LogP contribution in [0.2, 0.25) is 0 Å². The number of alkyl carbamates (subject to hydrolysis) is 1. The van der Waals surface area contributed by atoms with Crippen LogP contribution in [0.3, 0.4) is 0 Å². The average molecular weight is 339 g/mol. The van der Waals surface area contributed by atoms with E-state index in [4.69, 9.17) is 14.5 Å². The van der Waals surface area contributed by atoms with Gasteiger partial charge in [-0.3, -0.25) is 9.36 Å². The minimum absolute atomic E-state index is 0.0755. The number of hydrogen-bond donors (Lipinski definition) is 3. The number of carbonyl (C=O) groups is 3. The van der Waals surface area contributed by atoms with E-state index in [0.717, 1.165) is 0 Å². The first-order valence-corrected chi connectivity index (χ1v) is 7.76. The molecule has 1 amide bonds. The first-order chi connectivity index (χ1) is 10.0. The maximum atomic E-state index is 11.4. The second-order valence-corrected chi connectivity index (χ2v) is 5.81. The zero-order valence-electron chi connectivity index (χ0n) is 12.1. The standard InChI is InChI=1S/C11H18NO9P/c1-7(2)10(14)21-8(5-20-11(15)12-3)4-19-9(13)6-22(16,17)18/h8H,1,4-6H2,2-3H3,(H,12,15)(H2,16,17,18). The van der Waals surface area contributed by atoms with Crippen molar-refractivity contribution in [3.63, 3.8) is 0 Å². The Morgan fingerprint density at radius 2 is 1.77 bits per heavy atom. The first-order valence-electron chi connectivity index (χ1n) is 5.96. The summed E-state index contributed by atoms with van der Waals surface area (Å²) in [7, 11) is -3.24. The van der Waals surface area contributed by atoms with Gasteiger partial charge in [-0.1, -0.05) is 6.58 Å². The average Bonchev–Trinajstić information content (AvgIpc) is 2.38. The number of rotatable bonds is 8. The Morgan fingerprint density at radius 3 is 2.23 bits per heavy atom. The van der Waals surface area contributed by atoms with E-state index in [9.17, 15) is 18.9 Å². The molecule has 10 nitrogen and oxygen atoms in total. The molecule has 22 heavy (non-hydrogen) atoms. The highest BCUT2D eigenvalue weighted by molar-refractivity contribution is 7.52. The highest BCUT2D eigenvalue weighted by atomic mass is 31.2. The molecule has 1 unspecified atom stereocenters. The Kier molecular flexibility index (Phi) is 8.39. The summed E-state index contributed by atoms with van der Waals surface area (Å²) >= 11 is 0. The number of ether oxygens (including phenoxy) is 3. The highest BCUT2D eigenvalue weighted by Gasteiger charge is 2.23. The molecule has 1 atom stereocenters. The van der Waals surface area contributed by atoms with Crippen molar-refractivity contribution in [3.8, 4) is 0 Å². The van der Waals surface area contributed by atoms with Crippen LogP contribution in [0.1, 0.15) is 6.92 Å². The van der Waals surface area contributed by atoms with Gasteiger partial charge in [-0.25, -0.2) is 9.59 Å². The molecule has 0 bridgehead atoms. The van der Waals surface area contributed by atoms with Crippen LogP contribution < -0.4 is 5.32 Å². The molecule has 0 aliphatic rings. The van der Waals surface area contributed by atoms with Gasteiger partial charge in [0.05, 0.1) is 0 Å². The van der Waals surface area contributed by atoms with Gasteiger partial charge in [-0.05, 0) is 6.92 Å². The van der Waals surface area contributed by atoms with E-state index in [1.807, 2.05) is 0 Å². The Bertz CT molecular complexity index is 484. The molecule has 0 aromatic carbocycles. The predicted molar refractivity (Wildman–Crippen MR) is 73.0 cm³/mol. The van der Waals surface area contributed by atoms with Crippen molar-refractivity contribution >= 4 is 25.6 Å². The van der Waals surface area contributed by atoms with Gasteiger partial charge < -0.3 is 29.3 Å². The van der Waals surface area contributed by atoms with Gasteiger partial charge in [-0.15, -0.1) is 0 Å². The molecule has 0 rings (SSSR count). The zero-order chi connectivity index (χ0) is 17.3. The smallest absolute Gasteiger partial charge is 0.407 e. The van der Waals surface area contributed by atoms with Gasteiger partial charge in [0.1, 0.15) is 19.4 Å². The third-order valence-electron chi connectivity index (χ3n) is 1.99. The van der Waals surface area contributed by atoms with Gasteiger partial charge in [0.15, 0.2) is 6.10 Å². The summed E-state index contributed by atoms with van der Waals surface area (Å²) in [5.74, 6) is -1.97. The number of amides is 1. The largest absolute Gasteiger partial charge is 0.461 e. The third kappa shape index (κ3) is 9.92. The minimum atomic E-state index is -4.55. The Hall–Kier alpha value is -1.90. The first kappa shape index (κ1) is 20.1. The number of esters is 2. The summed E-state index contributed by atoms with van der Waals surface area (Å²) in [4.78, 5) is 50.8. The van der Waals surface area contributed by atoms with Gasteiger partial charge >= 0.3 is 25.6 Å². The predicted octanol–water partition coefficient (Wildman–Crippen LogP) is -0.449. The molecule has 0 radical (unpaired) electrons. The number of hydrogen-bond acceptors (Lipinski definition) is 7. The summed E-state index contributed by atoms with van der Waals surface area (Å²) < 4.78 is 24.7. The topological polar surface area (TPSA) is 148 Å². The SMILES string of the molecule is C=C(C)C(=O)OC(COC(=O)CP(=O)(O)O)COC(=O)NC. The van der Waals surface area contributed by atoms with Crippen LogP contribution >= 0.6 is 7.60 Å². The molecule has 3 N–H and O–H groups in total. The van der Waals surface area contributed by atoms with Gasteiger partial charge in [0, 0.05) is 12.6 Å². The monoisotopic (exact) mass is 339 g/mol. The molecule has 0 aliphatic carbocycles. The summed E-state index contributed by atoms with van der Waals surface area (Å²) in [6, 6.07) is 0. The summed E-state index contributed by atoms with van der Waals surface area (Å²) in [5, 5.41) is 2.16. The Balaban J connectivity index is 4.54. The van der Waals surface area contributed by atoms with Crippen molar-refractivity contribution in [2.24, 2.45) is 0 Å². The number of nitrogens with one attached hydrogen (secondary N) is 1. The molecule has 11 heteroatoms. The Labute approximate surface area is 126 Å². The lowest BCUT2D eigenvalue weighted by Crippen LogP contribution is -2.33. The molecule has 0 aliphatic heterocycles. The molecule has 126 valence electrons. The van der Waals surface area contributed by atoms with Crippen LogP contribution in [0, 0.1) is 0 Å². The lowest BCUT2D eigenvalue weighted by Gasteiger charge is -2.18.